The smallest absolute Gasteiger partial charge is 0.293 e. The van der Waals surface area contributed by atoms with E-state index in [2.05, 4.69) is 31.7 Å². The quantitative estimate of drug-likeness (QED) is 0.339. The molecule has 0 aliphatic rings. The summed E-state index contributed by atoms with van der Waals surface area (Å²) >= 11 is 3.45. The predicted octanol–water partition coefficient (Wildman–Crippen LogP) is 4.60. The number of rotatable bonds is 7. The van der Waals surface area contributed by atoms with Crippen molar-refractivity contribution in [1.82, 2.24) is 15.0 Å². The first-order chi connectivity index (χ1) is 14.4. The minimum Gasteiger partial charge on any atom is -0.396 e. The number of carbonyl (C=O) groups excluding carboxylic acids is 1. The van der Waals surface area contributed by atoms with Crippen molar-refractivity contribution < 1.29 is 19.1 Å². The van der Waals surface area contributed by atoms with Gasteiger partial charge in [0, 0.05) is 31.4 Å². The van der Waals surface area contributed by atoms with Gasteiger partial charge in [0.05, 0.1) is 28.0 Å². The van der Waals surface area contributed by atoms with E-state index in [1.165, 1.54) is 6.07 Å². The minimum absolute atomic E-state index is 0.0396. The molecule has 3 rings (SSSR count). The molecule has 2 aromatic heterocycles. The summed E-state index contributed by atoms with van der Waals surface area (Å²) in [5, 5.41) is 12.5. The number of pyridine rings is 1. The highest BCUT2D eigenvalue weighted by Crippen LogP contribution is 2.36. The Kier molecular flexibility index (Phi) is 8.76. The van der Waals surface area contributed by atoms with Gasteiger partial charge in [0.25, 0.3) is 5.91 Å². The molecule has 0 aliphatic carbocycles. The number of aromatic nitrogens is 2. The number of halogens is 2. The van der Waals surface area contributed by atoms with Gasteiger partial charge in [-0.1, -0.05) is 19.9 Å². The number of carbonyl (C=O) groups is 1. The molecule has 9 heteroatoms. The van der Waals surface area contributed by atoms with Crippen LogP contribution in [0.15, 0.2) is 35.1 Å². The molecular formula is C21H26BrFN4O3. The number of amides is 1. The number of benzene rings is 1. The molecule has 0 atom stereocenters. The second-order valence-corrected chi connectivity index (χ2v) is 7.12. The highest BCUT2D eigenvalue weighted by atomic mass is 79.9. The van der Waals surface area contributed by atoms with Crippen LogP contribution in [0.2, 0.25) is 0 Å². The largest absolute Gasteiger partial charge is 0.396 e. The van der Waals surface area contributed by atoms with Gasteiger partial charge in [-0.25, -0.2) is 9.87 Å². The molecule has 0 unspecified atom stereocenters. The fraction of sp³-hybridized carbons (Fsp3) is 0.333. The van der Waals surface area contributed by atoms with Gasteiger partial charge in [0.1, 0.15) is 11.5 Å². The Morgan fingerprint density at radius 2 is 2.07 bits per heavy atom. The van der Waals surface area contributed by atoms with E-state index in [-0.39, 0.29) is 24.6 Å². The lowest BCUT2D eigenvalue weighted by Crippen LogP contribution is -2.27. The summed E-state index contributed by atoms with van der Waals surface area (Å²) in [6, 6.07) is 4.82. The lowest BCUT2D eigenvalue weighted by atomic mass is 10.2. The maximum absolute atomic E-state index is 14.4. The van der Waals surface area contributed by atoms with Gasteiger partial charge in [-0.15, -0.1) is 0 Å². The number of nitrogens with zero attached hydrogens (tertiary/aromatic N) is 2. The Balaban J connectivity index is 0.00000155. The van der Waals surface area contributed by atoms with E-state index in [4.69, 9.17) is 9.94 Å². The van der Waals surface area contributed by atoms with Gasteiger partial charge in [0.15, 0.2) is 0 Å². The second-order valence-electron chi connectivity index (χ2n) is 6.27. The van der Waals surface area contributed by atoms with Crippen LogP contribution in [0.4, 0.5) is 15.8 Å². The van der Waals surface area contributed by atoms with Gasteiger partial charge in [-0.05, 0) is 47.0 Å². The van der Waals surface area contributed by atoms with Gasteiger partial charge in [-0.3, -0.25) is 14.6 Å². The first-order valence-corrected chi connectivity index (χ1v) is 10.4. The summed E-state index contributed by atoms with van der Waals surface area (Å²) in [5.74, 6) is -0.927. The topological polar surface area (TPSA) is 88.4 Å². The zero-order valence-corrected chi connectivity index (χ0v) is 19.0. The standard InChI is InChI=1S/C19H20BrFN4O3.C2H6/c1-11-4-5-15(14(21)8-11)23-16-12-9-22-10-13(20)17(12)25(2)18(16)19(27)24-28-7-3-6-26;1-2/h4-5,8-10,23,26H,3,6-7H2,1-2H3,(H,24,27);1-2H3. The van der Waals surface area contributed by atoms with Crippen LogP contribution in [0.3, 0.4) is 0 Å². The average molecular weight is 481 g/mol. The van der Waals surface area contributed by atoms with Crippen LogP contribution in [-0.2, 0) is 11.9 Å². The summed E-state index contributed by atoms with van der Waals surface area (Å²) < 4.78 is 16.8. The monoisotopic (exact) mass is 480 g/mol. The van der Waals surface area contributed by atoms with Crippen molar-refractivity contribution in [2.24, 2.45) is 7.05 Å². The molecule has 1 aromatic carbocycles. The second kappa shape index (κ2) is 11.1. The molecule has 0 bridgehead atoms. The van der Waals surface area contributed by atoms with E-state index in [1.807, 2.05) is 13.8 Å². The fourth-order valence-corrected chi connectivity index (χ4v) is 3.51. The zero-order valence-electron chi connectivity index (χ0n) is 17.4. The van der Waals surface area contributed by atoms with Crippen molar-refractivity contribution in [3.8, 4) is 0 Å². The lowest BCUT2D eigenvalue weighted by Gasteiger charge is -2.12. The summed E-state index contributed by atoms with van der Waals surface area (Å²) in [4.78, 5) is 22.1. The molecule has 0 saturated heterocycles. The van der Waals surface area contributed by atoms with E-state index in [1.54, 1.807) is 43.1 Å². The molecule has 2 heterocycles. The molecule has 0 radical (unpaired) electrons. The molecule has 3 aromatic rings. The third-order valence-electron chi connectivity index (χ3n) is 4.22. The van der Waals surface area contributed by atoms with Crippen LogP contribution < -0.4 is 10.8 Å². The Hall–Kier alpha value is -2.49. The van der Waals surface area contributed by atoms with Crippen LogP contribution in [0.25, 0.3) is 10.9 Å². The van der Waals surface area contributed by atoms with Crippen LogP contribution >= 0.6 is 15.9 Å². The van der Waals surface area contributed by atoms with Crippen LogP contribution in [-0.4, -0.2) is 33.8 Å². The lowest BCUT2D eigenvalue weighted by molar-refractivity contribution is 0.0256. The Labute approximate surface area is 183 Å². The number of aliphatic hydroxyl groups is 1. The molecule has 30 heavy (non-hydrogen) atoms. The summed E-state index contributed by atoms with van der Waals surface area (Å²) in [5.41, 5.74) is 4.80. The summed E-state index contributed by atoms with van der Waals surface area (Å²) in [6.07, 6.45) is 3.63. The number of anilines is 2. The van der Waals surface area contributed by atoms with Crippen molar-refractivity contribution >= 4 is 44.1 Å². The number of fused-ring (bicyclic) bond motifs is 1. The molecule has 0 aliphatic heterocycles. The predicted molar refractivity (Wildman–Crippen MR) is 119 cm³/mol. The molecule has 0 fully saturated rings. The number of aryl methyl sites for hydroxylation is 2. The fourth-order valence-electron chi connectivity index (χ4n) is 2.91. The van der Waals surface area contributed by atoms with E-state index in [0.29, 0.717) is 22.0 Å². The molecule has 0 saturated carbocycles. The van der Waals surface area contributed by atoms with Crippen molar-refractivity contribution in [1.29, 1.82) is 0 Å². The zero-order chi connectivity index (χ0) is 22.3. The third kappa shape index (κ3) is 5.16. The molecule has 3 N–H and O–H groups in total. The SMILES string of the molecule is CC.Cc1ccc(Nc2c(C(=O)NOCCCO)n(C)c3c(Br)cncc23)c(F)c1. The van der Waals surface area contributed by atoms with E-state index in [9.17, 15) is 9.18 Å². The van der Waals surface area contributed by atoms with Crippen molar-refractivity contribution in [3.05, 3.63) is 52.1 Å². The Morgan fingerprint density at radius 3 is 2.73 bits per heavy atom. The van der Waals surface area contributed by atoms with Crippen LogP contribution in [0, 0.1) is 12.7 Å². The number of nitrogens with one attached hydrogen (secondary N) is 2. The highest BCUT2D eigenvalue weighted by molar-refractivity contribution is 9.10. The first-order valence-electron chi connectivity index (χ1n) is 9.62. The number of hydrogen-bond donors (Lipinski definition) is 3. The third-order valence-corrected chi connectivity index (χ3v) is 4.80. The Morgan fingerprint density at radius 1 is 1.33 bits per heavy atom. The van der Waals surface area contributed by atoms with Gasteiger partial charge < -0.3 is 15.0 Å². The minimum atomic E-state index is -0.501. The number of hydroxylamine groups is 1. The average Bonchev–Trinajstić information content (AvgIpc) is 3.01. The molecule has 162 valence electrons. The van der Waals surface area contributed by atoms with Crippen molar-refractivity contribution in [3.63, 3.8) is 0 Å². The maximum Gasteiger partial charge on any atom is 0.293 e. The molecule has 1 amide bonds. The Bertz CT molecular complexity index is 1020. The molecular weight excluding hydrogens is 455 g/mol. The van der Waals surface area contributed by atoms with Gasteiger partial charge in [0.2, 0.25) is 0 Å². The molecule has 0 spiro atoms. The molecule has 7 nitrogen and oxygen atoms in total. The van der Waals surface area contributed by atoms with Gasteiger partial charge >= 0.3 is 0 Å². The van der Waals surface area contributed by atoms with Crippen molar-refractivity contribution in [2.45, 2.75) is 27.2 Å². The first kappa shape index (κ1) is 23.8. The van der Waals surface area contributed by atoms with Crippen LogP contribution in [0.1, 0.15) is 36.3 Å². The summed E-state index contributed by atoms with van der Waals surface area (Å²) in [6.45, 7) is 5.93. The van der Waals surface area contributed by atoms with Gasteiger partial charge in [-0.2, -0.15) is 0 Å². The summed E-state index contributed by atoms with van der Waals surface area (Å²) in [7, 11) is 1.73. The number of aliphatic hydroxyl groups excluding tert-OH is 1. The highest BCUT2D eigenvalue weighted by Gasteiger charge is 2.24. The number of hydrogen-bond acceptors (Lipinski definition) is 5. The maximum atomic E-state index is 14.4. The normalized spacial score (nSPS) is 10.5. The van der Waals surface area contributed by atoms with E-state index in [0.717, 1.165) is 11.1 Å². The van der Waals surface area contributed by atoms with E-state index < -0.39 is 11.7 Å². The van der Waals surface area contributed by atoms with Crippen molar-refractivity contribution in [2.75, 3.05) is 18.5 Å². The van der Waals surface area contributed by atoms with E-state index >= 15 is 0 Å². The van der Waals surface area contributed by atoms with Crippen LogP contribution in [0.5, 0.6) is 0 Å².